The third-order valence-corrected chi connectivity index (χ3v) is 1.14. The number of aliphatic hydroxyl groups excluding tert-OH is 1. The van der Waals surface area contributed by atoms with Crippen molar-refractivity contribution in [2.75, 3.05) is 0 Å². The molecule has 53 valence electrons. The van der Waals surface area contributed by atoms with Gasteiger partial charge in [0.2, 0.25) is 0 Å². The van der Waals surface area contributed by atoms with Crippen LogP contribution in [0.5, 0.6) is 0 Å². The minimum Gasteiger partial charge on any atom is -0.393 e. The SMILES string of the molecule is [CH2]CC(O)C/C=C\CC. The van der Waals surface area contributed by atoms with Gasteiger partial charge in [0.25, 0.3) is 0 Å². The lowest BCUT2D eigenvalue weighted by Crippen LogP contribution is -2.01. The maximum absolute atomic E-state index is 8.97. The van der Waals surface area contributed by atoms with Gasteiger partial charge in [0.15, 0.2) is 0 Å². The molecular weight excluding hydrogens is 112 g/mol. The first-order valence-electron chi connectivity index (χ1n) is 3.43. The molecule has 0 saturated heterocycles. The quantitative estimate of drug-likeness (QED) is 0.572. The zero-order valence-electron chi connectivity index (χ0n) is 6.01. The molecule has 0 aliphatic heterocycles. The highest BCUT2D eigenvalue weighted by Crippen LogP contribution is 1.97. The van der Waals surface area contributed by atoms with Gasteiger partial charge in [0.05, 0.1) is 6.10 Å². The van der Waals surface area contributed by atoms with Crippen LogP contribution in [-0.4, -0.2) is 11.2 Å². The molecule has 0 bridgehead atoms. The minimum absolute atomic E-state index is 0.243. The van der Waals surface area contributed by atoms with Gasteiger partial charge in [-0.2, -0.15) is 0 Å². The van der Waals surface area contributed by atoms with Gasteiger partial charge in [-0.25, -0.2) is 0 Å². The second-order valence-corrected chi connectivity index (χ2v) is 2.06. The summed E-state index contributed by atoms with van der Waals surface area (Å²) >= 11 is 0. The zero-order valence-corrected chi connectivity index (χ0v) is 6.01. The number of rotatable bonds is 4. The number of hydrogen-bond donors (Lipinski definition) is 1. The van der Waals surface area contributed by atoms with Crippen molar-refractivity contribution < 1.29 is 5.11 Å². The highest BCUT2D eigenvalue weighted by Gasteiger charge is 1.93. The minimum atomic E-state index is -0.243. The van der Waals surface area contributed by atoms with E-state index in [4.69, 9.17) is 5.11 Å². The molecule has 0 heterocycles. The third kappa shape index (κ3) is 5.57. The van der Waals surface area contributed by atoms with Crippen molar-refractivity contribution in [1.29, 1.82) is 0 Å². The summed E-state index contributed by atoms with van der Waals surface area (Å²) < 4.78 is 0. The van der Waals surface area contributed by atoms with E-state index in [-0.39, 0.29) is 6.10 Å². The van der Waals surface area contributed by atoms with Crippen molar-refractivity contribution in [3.8, 4) is 0 Å². The smallest absolute Gasteiger partial charge is 0.0574 e. The summed E-state index contributed by atoms with van der Waals surface area (Å²) in [7, 11) is 0. The maximum Gasteiger partial charge on any atom is 0.0574 e. The van der Waals surface area contributed by atoms with Crippen molar-refractivity contribution in [3.05, 3.63) is 19.1 Å². The van der Waals surface area contributed by atoms with E-state index < -0.39 is 0 Å². The van der Waals surface area contributed by atoms with Gasteiger partial charge in [-0.05, 0) is 19.3 Å². The van der Waals surface area contributed by atoms with Crippen LogP contribution in [0.4, 0.5) is 0 Å². The van der Waals surface area contributed by atoms with Crippen LogP contribution >= 0.6 is 0 Å². The Bertz CT molecular complexity index is 76.6. The molecule has 0 aromatic carbocycles. The number of aliphatic hydroxyl groups is 1. The molecule has 1 radical (unpaired) electrons. The van der Waals surface area contributed by atoms with Gasteiger partial charge >= 0.3 is 0 Å². The van der Waals surface area contributed by atoms with E-state index in [0.29, 0.717) is 6.42 Å². The highest BCUT2D eigenvalue weighted by atomic mass is 16.3. The summed E-state index contributed by atoms with van der Waals surface area (Å²) in [5.74, 6) is 0. The molecule has 9 heavy (non-hydrogen) atoms. The Morgan fingerprint density at radius 1 is 1.56 bits per heavy atom. The fourth-order valence-corrected chi connectivity index (χ4v) is 0.538. The van der Waals surface area contributed by atoms with Crippen LogP contribution in [-0.2, 0) is 0 Å². The maximum atomic E-state index is 8.97. The second-order valence-electron chi connectivity index (χ2n) is 2.06. The van der Waals surface area contributed by atoms with E-state index in [2.05, 4.69) is 19.9 Å². The molecule has 0 fully saturated rings. The van der Waals surface area contributed by atoms with Crippen molar-refractivity contribution in [3.63, 3.8) is 0 Å². The Hall–Kier alpha value is -0.300. The van der Waals surface area contributed by atoms with Crippen LogP contribution in [0.1, 0.15) is 26.2 Å². The summed E-state index contributed by atoms with van der Waals surface area (Å²) in [5.41, 5.74) is 0. The van der Waals surface area contributed by atoms with E-state index in [0.717, 1.165) is 12.8 Å². The Kier molecular flexibility index (Phi) is 5.64. The first-order chi connectivity index (χ1) is 4.31. The van der Waals surface area contributed by atoms with Crippen LogP contribution in [0.25, 0.3) is 0 Å². The normalized spacial score (nSPS) is 14.6. The second kappa shape index (κ2) is 5.83. The summed E-state index contributed by atoms with van der Waals surface area (Å²) in [6.45, 7) is 5.66. The largest absolute Gasteiger partial charge is 0.393 e. The molecule has 0 saturated carbocycles. The molecular formula is C8H15O. The number of hydrogen-bond acceptors (Lipinski definition) is 1. The zero-order chi connectivity index (χ0) is 7.11. The van der Waals surface area contributed by atoms with Crippen molar-refractivity contribution in [2.24, 2.45) is 0 Å². The van der Waals surface area contributed by atoms with E-state index in [9.17, 15) is 0 Å². The fourth-order valence-electron chi connectivity index (χ4n) is 0.538. The molecule has 1 N–H and O–H groups in total. The lowest BCUT2D eigenvalue weighted by molar-refractivity contribution is 0.180. The van der Waals surface area contributed by atoms with E-state index in [1.165, 1.54) is 0 Å². The standard InChI is InChI=1S/C8H15O/c1-3-5-6-7-8(9)4-2/h5-6,8-9H,2-4,7H2,1H3/b6-5-. The molecule has 1 nitrogen and oxygen atoms in total. The number of allylic oxidation sites excluding steroid dienone is 1. The molecule has 0 aromatic heterocycles. The third-order valence-electron chi connectivity index (χ3n) is 1.14. The van der Waals surface area contributed by atoms with Crippen LogP contribution in [0.2, 0.25) is 0 Å². The molecule has 0 amide bonds. The van der Waals surface area contributed by atoms with Gasteiger partial charge in [0, 0.05) is 0 Å². The Morgan fingerprint density at radius 3 is 2.67 bits per heavy atom. The Morgan fingerprint density at radius 2 is 2.22 bits per heavy atom. The summed E-state index contributed by atoms with van der Waals surface area (Å²) in [6, 6.07) is 0. The van der Waals surface area contributed by atoms with E-state index in [1.807, 2.05) is 6.08 Å². The predicted molar refractivity (Wildman–Crippen MR) is 40.0 cm³/mol. The summed E-state index contributed by atoms with van der Waals surface area (Å²) in [5, 5.41) is 8.97. The van der Waals surface area contributed by atoms with Crippen LogP contribution in [0.3, 0.4) is 0 Å². The molecule has 0 spiro atoms. The Labute approximate surface area is 57.4 Å². The summed E-state index contributed by atoms with van der Waals surface area (Å²) in [6.07, 6.45) is 6.21. The highest BCUT2D eigenvalue weighted by molar-refractivity contribution is 4.82. The molecule has 0 aliphatic carbocycles. The van der Waals surface area contributed by atoms with Gasteiger partial charge in [-0.3, -0.25) is 0 Å². The van der Waals surface area contributed by atoms with Crippen LogP contribution in [0.15, 0.2) is 12.2 Å². The lowest BCUT2D eigenvalue weighted by atomic mass is 10.2. The van der Waals surface area contributed by atoms with Crippen LogP contribution in [0, 0.1) is 6.92 Å². The van der Waals surface area contributed by atoms with Crippen molar-refractivity contribution in [2.45, 2.75) is 32.3 Å². The first-order valence-corrected chi connectivity index (χ1v) is 3.43. The molecule has 1 atom stereocenters. The average Bonchev–Trinajstić information content (AvgIpc) is 1.89. The molecule has 0 rings (SSSR count). The molecule has 1 unspecified atom stereocenters. The van der Waals surface area contributed by atoms with Crippen molar-refractivity contribution >= 4 is 0 Å². The van der Waals surface area contributed by atoms with Crippen molar-refractivity contribution in [1.82, 2.24) is 0 Å². The van der Waals surface area contributed by atoms with Crippen LogP contribution < -0.4 is 0 Å². The lowest BCUT2D eigenvalue weighted by Gasteiger charge is -2.00. The predicted octanol–water partition coefficient (Wildman–Crippen LogP) is 1.93. The first kappa shape index (κ1) is 8.70. The molecule has 0 aromatic rings. The fraction of sp³-hybridized carbons (Fsp3) is 0.625. The van der Waals surface area contributed by atoms with E-state index >= 15 is 0 Å². The summed E-state index contributed by atoms with van der Waals surface area (Å²) in [4.78, 5) is 0. The van der Waals surface area contributed by atoms with E-state index in [1.54, 1.807) is 0 Å². The van der Waals surface area contributed by atoms with Gasteiger partial charge in [-0.1, -0.05) is 26.0 Å². The van der Waals surface area contributed by atoms with Gasteiger partial charge < -0.3 is 5.11 Å². The molecule has 0 aliphatic rings. The monoisotopic (exact) mass is 127 g/mol. The Balaban J connectivity index is 3.15. The topological polar surface area (TPSA) is 20.2 Å². The van der Waals surface area contributed by atoms with Gasteiger partial charge in [0.1, 0.15) is 0 Å². The molecule has 1 heteroatoms. The average molecular weight is 127 g/mol. The van der Waals surface area contributed by atoms with Gasteiger partial charge in [-0.15, -0.1) is 0 Å².